The molecule has 0 unspecified atom stereocenters. The fraction of sp³-hybridized carbons (Fsp3) is 0.769. The van der Waals surface area contributed by atoms with Gasteiger partial charge in [0, 0.05) is 0 Å². The molecule has 0 aliphatic heterocycles. The van der Waals surface area contributed by atoms with Crippen LogP contribution in [0.5, 0.6) is 0 Å². The highest BCUT2D eigenvalue weighted by molar-refractivity contribution is 6.32. The van der Waals surface area contributed by atoms with E-state index in [1.165, 1.54) is 12.8 Å². The van der Waals surface area contributed by atoms with Crippen molar-refractivity contribution < 1.29 is 0 Å². The molecule has 2 rings (SSSR count). The van der Waals surface area contributed by atoms with Crippen molar-refractivity contribution >= 4 is 17.4 Å². The first kappa shape index (κ1) is 12.7. The zero-order valence-electron chi connectivity index (χ0n) is 10.9. The predicted octanol–water partition coefficient (Wildman–Crippen LogP) is 3.90. The number of halogens is 1. The van der Waals surface area contributed by atoms with Gasteiger partial charge in [-0.05, 0) is 37.0 Å². The molecule has 96 valence electrons. The molecule has 0 amide bonds. The second-order valence-corrected chi connectivity index (χ2v) is 6.60. The molecule has 1 heterocycles. The minimum Gasteiger partial charge on any atom is -0.383 e. The Morgan fingerprint density at radius 3 is 2.29 bits per heavy atom. The van der Waals surface area contributed by atoms with Gasteiger partial charge < -0.3 is 5.73 Å². The zero-order valence-corrected chi connectivity index (χ0v) is 11.7. The molecule has 2 N–H and O–H groups in total. The Labute approximate surface area is 108 Å². The Hall–Kier alpha value is -0.700. The normalized spacial score (nSPS) is 26.1. The van der Waals surface area contributed by atoms with Crippen LogP contribution < -0.4 is 5.73 Å². The smallest absolute Gasteiger partial charge is 0.140 e. The number of nitrogen functional groups attached to an aromatic ring is 1. The SMILES string of the molecule is CC(C)(C)C1CCC(n2ncc(Cl)c2N)CC1. The van der Waals surface area contributed by atoms with Crippen molar-refractivity contribution in [3.63, 3.8) is 0 Å². The van der Waals surface area contributed by atoms with E-state index in [-0.39, 0.29) is 0 Å². The van der Waals surface area contributed by atoms with Crippen molar-refractivity contribution in [1.29, 1.82) is 0 Å². The average Bonchev–Trinajstić information content (AvgIpc) is 2.59. The number of hydrogen-bond acceptors (Lipinski definition) is 2. The number of rotatable bonds is 1. The van der Waals surface area contributed by atoms with Crippen molar-refractivity contribution in [3.8, 4) is 0 Å². The molecule has 17 heavy (non-hydrogen) atoms. The van der Waals surface area contributed by atoms with E-state index in [2.05, 4.69) is 25.9 Å². The van der Waals surface area contributed by atoms with Gasteiger partial charge in [0.05, 0.1) is 12.2 Å². The van der Waals surface area contributed by atoms with Gasteiger partial charge in [-0.1, -0.05) is 32.4 Å². The van der Waals surface area contributed by atoms with Crippen molar-refractivity contribution in [2.45, 2.75) is 52.5 Å². The van der Waals surface area contributed by atoms with Crippen molar-refractivity contribution in [2.75, 3.05) is 5.73 Å². The lowest BCUT2D eigenvalue weighted by Crippen LogP contribution is -2.27. The summed E-state index contributed by atoms with van der Waals surface area (Å²) >= 11 is 5.94. The monoisotopic (exact) mass is 255 g/mol. The number of anilines is 1. The molecule has 1 aliphatic rings. The first-order chi connectivity index (χ1) is 7.89. The number of aromatic nitrogens is 2. The molecule has 1 aromatic heterocycles. The molecule has 0 spiro atoms. The first-order valence-corrected chi connectivity index (χ1v) is 6.76. The van der Waals surface area contributed by atoms with Gasteiger partial charge in [-0.3, -0.25) is 0 Å². The summed E-state index contributed by atoms with van der Waals surface area (Å²) in [5, 5.41) is 4.86. The molecule has 0 saturated heterocycles. The second-order valence-electron chi connectivity index (χ2n) is 6.19. The number of nitrogens with two attached hydrogens (primary N) is 1. The Morgan fingerprint density at radius 2 is 1.88 bits per heavy atom. The topological polar surface area (TPSA) is 43.8 Å². The standard InChI is InChI=1S/C13H22ClN3/c1-13(2,3)9-4-6-10(7-5-9)17-12(15)11(14)8-16-17/h8-10H,4-7,15H2,1-3H3. The summed E-state index contributed by atoms with van der Waals surface area (Å²) in [5.41, 5.74) is 6.34. The molecule has 1 aliphatic carbocycles. The van der Waals surface area contributed by atoms with E-state index >= 15 is 0 Å². The summed E-state index contributed by atoms with van der Waals surface area (Å²) in [6.45, 7) is 6.99. The summed E-state index contributed by atoms with van der Waals surface area (Å²) in [6.07, 6.45) is 6.47. The molecular weight excluding hydrogens is 234 g/mol. The molecule has 0 radical (unpaired) electrons. The van der Waals surface area contributed by atoms with Gasteiger partial charge in [0.1, 0.15) is 10.8 Å². The highest BCUT2D eigenvalue weighted by atomic mass is 35.5. The van der Waals surface area contributed by atoms with Crippen LogP contribution in [0.2, 0.25) is 5.02 Å². The van der Waals surface area contributed by atoms with Gasteiger partial charge in [0.2, 0.25) is 0 Å². The van der Waals surface area contributed by atoms with Crippen LogP contribution >= 0.6 is 11.6 Å². The summed E-state index contributed by atoms with van der Waals surface area (Å²) < 4.78 is 1.90. The van der Waals surface area contributed by atoms with Crippen LogP contribution in [0.3, 0.4) is 0 Å². The highest BCUT2D eigenvalue weighted by Gasteiger charge is 2.31. The van der Waals surface area contributed by atoms with E-state index in [4.69, 9.17) is 17.3 Å². The molecule has 0 atom stereocenters. The Balaban J connectivity index is 2.02. The lowest BCUT2D eigenvalue weighted by atomic mass is 9.71. The minimum absolute atomic E-state index is 0.415. The van der Waals surface area contributed by atoms with Gasteiger partial charge >= 0.3 is 0 Å². The van der Waals surface area contributed by atoms with E-state index in [1.54, 1.807) is 6.20 Å². The minimum atomic E-state index is 0.415. The summed E-state index contributed by atoms with van der Waals surface area (Å²) in [5.74, 6) is 1.43. The Kier molecular flexibility index (Phi) is 3.39. The van der Waals surface area contributed by atoms with Crippen molar-refractivity contribution in [3.05, 3.63) is 11.2 Å². The fourth-order valence-electron chi connectivity index (χ4n) is 2.83. The third-order valence-electron chi connectivity index (χ3n) is 4.05. The van der Waals surface area contributed by atoms with Gasteiger partial charge in [-0.2, -0.15) is 5.10 Å². The average molecular weight is 256 g/mol. The van der Waals surface area contributed by atoms with Gasteiger partial charge in [-0.15, -0.1) is 0 Å². The first-order valence-electron chi connectivity index (χ1n) is 6.38. The third-order valence-corrected chi connectivity index (χ3v) is 4.35. The molecule has 1 fully saturated rings. The summed E-state index contributed by atoms with van der Waals surface area (Å²) in [7, 11) is 0. The maximum absolute atomic E-state index is 5.94. The second kappa shape index (κ2) is 4.52. The summed E-state index contributed by atoms with van der Waals surface area (Å²) in [6, 6.07) is 0.432. The Bertz CT molecular complexity index is 384. The number of nitrogens with zero attached hydrogens (tertiary/aromatic N) is 2. The van der Waals surface area contributed by atoms with E-state index in [0.717, 1.165) is 18.8 Å². The van der Waals surface area contributed by atoms with Crippen LogP contribution in [-0.4, -0.2) is 9.78 Å². The van der Waals surface area contributed by atoms with Crippen molar-refractivity contribution in [2.24, 2.45) is 11.3 Å². The molecule has 0 bridgehead atoms. The fourth-order valence-corrected chi connectivity index (χ4v) is 2.96. The van der Waals surface area contributed by atoms with Crippen LogP contribution in [0.4, 0.5) is 5.82 Å². The van der Waals surface area contributed by atoms with Crippen LogP contribution in [-0.2, 0) is 0 Å². The maximum atomic E-state index is 5.94. The van der Waals surface area contributed by atoms with Crippen LogP contribution in [0, 0.1) is 11.3 Å². The predicted molar refractivity (Wildman–Crippen MR) is 72.1 cm³/mol. The molecule has 0 aromatic carbocycles. The maximum Gasteiger partial charge on any atom is 0.140 e. The van der Waals surface area contributed by atoms with E-state index < -0.39 is 0 Å². The van der Waals surface area contributed by atoms with Crippen LogP contribution in [0.15, 0.2) is 6.20 Å². The van der Waals surface area contributed by atoms with E-state index in [9.17, 15) is 0 Å². The highest BCUT2D eigenvalue weighted by Crippen LogP contribution is 2.42. The molecule has 3 nitrogen and oxygen atoms in total. The lowest BCUT2D eigenvalue weighted by Gasteiger charge is -2.37. The van der Waals surface area contributed by atoms with Crippen LogP contribution in [0.25, 0.3) is 0 Å². The van der Waals surface area contributed by atoms with Gasteiger partial charge in [-0.25, -0.2) is 4.68 Å². The number of hydrogen-bond donors (Lipinski definition) is 1. The van der Waals surface area contributed by atoms with Crippen molar-refractivity contribution in [1.82, 2.24) is 9.78 Å². The zero-order chi connectivity index (χ0) is 12.6. The quantitative estimate of drug-likeness (QED) is 0.827. The van der Waals surface area contributed by atoms with E-state index in [1.807, 2.05) is 4.68 Å². The lowest BCUT2D eigenvalue weighted by molar-refractivity contribution is 0.148. The van der Waals surface area contributed by atoms with Gasteiger partial charge in [0.15, 0.2) is 0 Å². The van der Waals surface area contributed by atoms with E-state index in [0.29, 0.717) is 22.3 Å². The molecular formula is C13H22ClN3. The Morgan fingerprint density at radius 1 is 1.29 bits per heavy atom. The molecule has 4 heteroatoms. The largest absolute Gasteiger partial charge is 0.383 e. The third kappa shape index (κ3) is 2.59. The molecule has 1 saturated carbocycles. The molecule has 1 aromatic rings. The van der Waals surface area contributed by atoms with Gasteiger partial charge in [0.25, 0.3) is 0 Å². The van der Waals surface area contributed by atoms with Crippen LogP contribution in [0.1, 0.15) is 52.5 Å². The summed E-state index contributed by atoms with van der Waals surface area (Å²) in [4.78, 5) is 0.